The van der Waals surface area contributed by atoms with E-state index in [1.165, 1.54) is 0 Å². The van der Waals surface area contributed by atoms with E-state index in [2.05, 4.69) is 0 Å². The minimum Gasteiger partial charge on any atom is -0.316 e. The van der Waals surface area contributed by atoms with Gasteiger partial charge in [0, 0.05) is 30.0 Å². The molecule has 4 nitrogen and oxygen atoms in total. The van der Waals surface area contributed by atoms with E-state index in [4.69, 9.17) is 5.73 Å². The average Bonchev–Trinajstić information content (AvgIpc) is 2.35. The highest BCUT2D eigenvalue weighted by molar-refractivity contribution is 6.00. The van der Waals surface area contributed by atoms with Gasteiger partial charge in [-0.2, -0.15) is 0 Å². The number of ketones is 1. The lowest BCUT2D eigenvalue weighted by atomic mass is 9.93. The first-order valence-electron chi connectivity index (χ1n) is 6.18. The summed E-state index contributed by atoms with van der Waals surface area (Å²) in [5, 5.41) is 0. The van der Waals surface area contributed by atoms with Crippen LogP contribution in [0.15, 0.2) is 18.2 Å². The molecule has 0 aromatic heterocycles. The van der Waals surface area contributed by atoms with Crippen molar-refractivity contribution >= 4 is 17.4 Å². The summed E-state index contributed by atoms with van der Waals surface area (Å²) in [5.41, 5.74) is 8.48. The lowest BCUT2D eigenvalue weighted by Gasteiger charge is -2.35. The summed E-state index contributed by atoms with van der Waals surface area (Å²) in [5.74, 6) is 0.0868. The lowest BCUT2D eigenvalue weighted by Crippen LogP contribution is -2.58. The van der Waals surface area contributed by atoms with Gasteiger partial charge in [0.25, 0.3) is 0 Å². The number of fused-ring (bicyclic) bond motifs is 1. The summed E-state index contributed by atoms with van der Waals surface area (Å²) in [7, 11) is 3.64. The number of carbonyl (C=O) groups excluding carboxylic acids is 2. The minimum atomic E-state index is -0.458. The largest absolute Gasteiger partial charge is 0.335 e. The first-order valence-corrected chi connectivity index (χ1v) is 6.18. The Kier molecular flexibility index (Phi) is 3.09. The van der Waals surface area contributed by atoms with Crippen molar-refractivity contribution in [3.63, 3.8) is 0 Å². The Morgan fingerprint density at radius 3 is 2.72 bits per heavy atom. The van der Waals surface area contributed by atoms with Gasteiger partial charge < -0.3 is 5.73 Å². The second-order valence-corrected chi connectivity index (χ2v) is 5.22. The van der Waals surface area contributed by atoms with Crippen LogP contribution in [0.1, 0.15) is 29.3 Å². The summed E-state index contributed by atoms with van der Waals surface area (Å²) in [6.45, 7) is 1.84. The molecule has 2 N–H and O–H groups in total. The molecule has 96 valence electrons. The van der Waals surface area contributed by atoms with Crippen molar-refractivity contribution < 1.29 is 9.59 Å². The molecule has 4 heteroatoms. The van der Waals surface area contributed by atoms with Gasteiger partial charge in [0.15, 0.2) is 5.78 Å². The van der Waals surface area contributed by atoms with Crippen molar-refractivity contribution in [1.82, 2.24) is 4.48 Å². The molecule has 1 aliphatic heterocycles. The number of carbonyl (C=O) groups is 2. The van der Waals surface area contributed by atoms with E-state index in [0.717, 1.165) is 11.3 Å². The van der Waals surface area contributed by atoms with Crippen molar-refractivity contribution in [1.29, 1.82) is 0 Å². The molecule has 18 heavy (non-hydrogen) atoms. The number of Topliss-reactive ketones (excluding diaryl/α,β-unsaturated/α-hetero) is 1. The van der Waals surface area contributed by atoms with Crippen LogP contribution in [0, 0.1) is 0 Å². The van der Waals surface area contributed by atoms with Gasteiger partial charge in [0.2, 0.25) is 0 Å². The zero-order chi connectivity index (χ0) is 13.5. The van der Waals surface area contributed by atoms with Crippen molar-refractivity contribution in [2.45, 2.75) is 25.8 Å². The van der Waals surface area contributed by atoms with Gasteiger partial charge in [-0.1, -0.05) is 19.1 Å². The smallest absolute Gasteiger partial charge is 0.316 e. The Bertz CT molecular complexity index is 521. The van der Waals surface area contributed by atoms with E-state index in [9.17, 15) is 9.59 Å². The van der Waals surface area contributed by atoms with E-state index < -0.39 is 6.04 Å². The maximum Gasteiger partial charge on any atom is 0.335 e. The van der Waals surface area contributed by atoms with E-state index in [-0.39, 0.29) is 16.2 Å². The van der Waals surface area contributed by atoms with Crippen molar-refractivity contribution in [3.05, 3.63) is 29.3 Å². The first-order chi connectivity index (χ1) is 8.37. The Labute approximate surface area is 107 Å². The van der Waals surface area contributed by atoms with E-state index in [1.54, 1.807) is 0 Å². The third kappa shape index (κ3) is 1.87. The molecule has 0 saturated heterocycles. The molecule has 0 saturated carbocycles. The van der Waals surface area contributed by atoms with Crippen LogP contribution in [0.4, 0.5) is 5.69 Å². The van der Waals surface area contributed by atoms with Gasteiger partial charge in [-0.05, 0) is 0 Å². The number of nitrogens with two attached hydrogens (primary N) is 1. The summed E-state index contributed by atoms with van der Waals surface area (Å²) < 4.78 is 0.112. The highest BCUT2D eigenvalue weighted by Gasteiger charge is 2.41. The fourth-order valence-corrected chi connectivity index (χ4v) is 2.49. The molecule has 0 spiro atoms. The molecule has 0 radical (unpaired) electrons. The predicted octanol–water partition coefficient (Wildman–Crippen LogP) is 1.26. The Hall–Kier alpha value is -1.52. The quantitative estimate of drug-likeness (QED) is 0.632. The van der Waals surface area contributed by atoms with Crippen LogP contribution in [0.3, 0.4) is 0 Å². The second kappa shape index (κ2) is 4.30. The number of hydrogen-bond donors (Lipinski definition) is 1. The van der Waals surface area contributed by atoms with Gasteiger partial charge in [-0.15, -0.1) is 0 Å². The van der Waals surface area contributed by atoms with Crippen LogP contribution in [-0.2, 0) is 11.2 Å². The monoisotopic (exact) mass is 247 g/mol. The number of amides is 1. The van der Waals surface area contributed by atoms with Crippen LogP contribution in [-0.4, -0.2) is 31.8 Å². The fraction of sp³-hybridized carbons (Fsp3) is 0.429. The molecule has 0 fully saturated rings. The molecule has 1 aromatic rings. The summed E-state index contributed by atoms with van der Waals surface area (Å²) in [6.07, 6.45) is 1.02. The van der Waals surface area contributed by atoms with E-state index >= 15 is 0 Å². The standard InChI is InChI=1S/C14H19N2O2/c1-4-13(17)10-6-5-9-7-11(15)14(18)16(2,3)12(9)8-10/h5-6,8,11H,4,7,15H2,1-3H3/q+1. The molecule has 1 atom stereocenters. The van der Waals surface area contributed by atoms with Crippen LogP contribution >= 0.6 is 0 Å². The minimum absolute atomic E-state index is 0.0106. The molecule has 1 unspecified atom stereocenters. The second-order valence-electron chi connectivity index (χ2n) is 5.22. The predicted molar refractivity (Wildman–Crippen MR) is 71.4 cm³/mol. The summed E-state index contributed by atoms with van der Waals surface area (Å²) in [4.78, 5) is 23.9. The Balaban J connectivity index is 2.55. The zero-order valence-electron chi connectivity index (χ0n) is 11.1. The third-order valence-electron chi connectivity index (χ3n) is 3.64. The lowest BCUT2D eigenvalue weighted by molar-refractivity contribution is -0.130. The van der Waals surface area contributed by atoms with Crippen LogP contribution in [0.5, 0.6) is 0 Å². The summed E-state index contributed by atoms with van der Waals surface area (Å²) in [6, 6.07) is 5.13. The van der Waals surface area contributed by atoms with Gasteiger partial charge in [0.05, 0.1) is 14.1 Å². The van der Waals surface area contributed by atoms with Gasteiger partial charge in [-0.3, -0.25) is 4.79 Å². The molecule has 1 heterocycles. The number of likely N-dealkylation sites (N-methyl/N-ethyl adjacent to an activating group) is 1. The number of hydrogen-bond acceptors (Lipinski definition) is 3. The van der Waals surface area contributed by atoms with Gasteiger partial charge in [-0.25, -0.2) is 9.28 Å². The molecule has 0 bridgehead atoms. The highest BCUT2D eigenvalue weighted by atomic mass is 16.2. The highest BCUT2D eigenvalue weighted by Crippen LogP contribution is 2.32. The van der Waals surface area contributed by atoms with Gasteiger partial charge in [0.1, 0.15) is 11.7 Å². The van der Waals surface area contributed by atoms with Crippen molar-refractivity contribution in [3.8, 4) is 0 Å². The number of benzene rings is 1. The Morgan fingerprint density at radius 1 is 1.44 bits per heavy atom. The van der Waals surface area contributed by atoms with Crippen molar-refractivity contribution in [2.24, 2.45) is 5.73 Å². The molecule has 0 aliphatic carbocycles. The fourth-order valence-electron chi connectivity index (χ4n) is 2.49. The molecule has 1 aliphatic rings. The third-order valence-corrected chi connectivity index (χ3v) is 3.64. The van der Waals surface area contributed by atoms with Crippen molar-refractivity contribution in [2.75, 3.05) is 14.1 Å². The maximum absolute atomic E-state index is 12.1. The van der Waals surface area contributed by atoms with Crippen LogP contribution < -0.4 is 10.2 Å². The topological polar surface area (TPSA) is 60.2 Å². The van der Waals surface area contributed by atoms with Crippen LogP contribution in [0.25, 0.3) is 0 Å². The van der Waals surface area contributed by atoms with E-state index in [1.807, 2.05) is 39.2 Å². The number of nitrogens with zero attached hydrogens (tertiary/aromatic N) is 1. The van der Waals surface area contributed by atoms with Gasteiger partial charge >= 0.3 is 5.91 Å². The zero-order valence-corrected chi connectivity index (χ0v) is 11.1. The molecular weight excluding hydrogens is 228 g/mol. The first kappa shape index (κ1) is 12.9. The maximum atomic E-state index is 12.1. The molecule has 1 aromatic carbocycles. The SMILES string of the molecule is CCC(=O)c1ccc2c(c1)[N+](C)(C)C(=O)C(N)C2. The molecule has 2 rings (SSSR count). The Morgan fingerprint density at radius 2 is 2.11 bits per heavy atom. The summed E-state index contributed by atoms with van der Waals surface area (Å²) >= 11 is 0. The average molecular weight is 247 g/mol. The normalized spacial score (nSPS) is 21.6. The van der Waals surface area contributed by atoms with E-state index in [0.29, 0.717) is 18.4 Å². The number of quaternary nitrogens is 1. The molecule has 1 amide bonds. The van der Waals surface area contributed by atoms with Crippen LogP contribution in [0.2, 0.25) is 0 Å². The number of rotatable bonds is 2. The molecular formula is C14H19N2O2+.